The number of benzene rings is 1. The fraction of sp³-hybridized carbons (Fsp3) is 0.0909. The molecule has 144 valence electrons. The largest absolute Gasteiger partial charge is 0.310 e. The van der Waals surface area contributed by atoms with Crippen LogP contribution in [-0.2, 0) is 0 Å². The minimum absolute atomic E-state index is 0.580. The van der Waals surface area contributed by atoms with Gasteiger partial charge in [-0.25, -0.2) is 9.50 Å². The molecule has 0 atom stereocenters. The quantitative estimate of drug-likeness (QED) is 0.309. The molecular weight excluding hydrogens is 423 g/mol. The van der Waals surface area contributed by atoms with Gasteiger partial charge in [0.2, 0.25) is 0 Å². The zero-order valence-corrected chi connectivity index (χ0v) is 18.1. The standard InChI is InChI=1S/C22H16Cl2N4S/c1-13-3-4-14(2)27(13)22-17(8-10-29-22)19-12-21-25-9-7-20(28(21)26-19)16-6-5-15(23)11-18(16)24/h3-12H,1-2H3. The van der Waals surface area contributed by atoms with Crippen LogP contribution >= 0.6 is 34.5 Å². The van der Waals surface area contributed by atoms with Crippen LogP contribution in [0.1, 0.15) is 11.4 Å². The fourth-order valence-electron chi connectivity index (χ4n) is 3.59. The summed E-state index contributed by atoms with van der Waals surface area (Å²) in [5, 5.41) is 9.31. The normalized spacial score (nSPS) is 11.4. The molecule has 0 fully saturated rings. The van der Waals surface area contributed by atoms with Gasteiger partial charge in [0, 0.05) is 39.8 Å². The minimum atomic E-state index is 0.580. The second-order valence-electron chi connectivity index (χ2n) is 6.84. The van der Waals surface area contributed by atoms with Crippen molar-refractivity contribution in [3.05, 3.63) is 81.5 Å². The van der Waals surface area contributed by atoms with Crippen molar-refractivity contribution in [3.63, 3.8) is 0 Å². The summed E-state index contributed by atoms with van der Waals surface area (Å²) in [6, 6.07) is 15.8. The van der Waals surface area contributed by atoms with Gasteiger partial charge in [-0.1, -0.05) is 23.2 Å². The second kappa shape index (κ2) is 7.02. The van der Waals surface area contributed by atoms with Crippen molar-refractivity contribution >= 4 is 40.2 Å². The zero-order chi connectivity index (χ0) is 20.1. The van der Waals surface area contributed by atoms with E-state index in [2.05, 4.69) is 47.0 Å². The lowest BCUT2D eigenvalue weighted by Gasteiger charge is -2.09. The molecule has 29 heavy (non-hydrogen) atoms. The number of nitrogens with zero attached hydrogens (tertiary/aromatic N) is 4. The third-order valence-electron chi connectivity index (χ3n) is 4.96. The van der Waals surface area contributed by atoms with Crippen LogP contribution < -0.4 is 0 Å². The van der Waals surface area contributed by atoms with Gasteiger partial charge in [0.05, 0.1) is 16.4 Å². The van der Waals surface area contributed by atoms with E-state index < -0.39 is 0 Å². The summed E-state index contributed by atoms with van der Waals surface area (Å²) >= 11 is 14.2. The molecule has 0 bridgehead atoms. The predicted molar refractivity (Wildman–Crippen MR) is 121 cm³/mol. The highest BCUT2D eigenvalue weighted by Crippen LogP contribution is 2.35. The van der Waals surface area contributed by atoms with Crippen LogP contribution in [-0.4, -0.2) is 19.2 Å². The van der Waals surface area contributed by atoms with Crippen molar-refractivity contribution in [2.24, 2.45) is 0 Å². The first kappa shape index (κ1) is 18.4. The molecule has 0 saturated carbocycles. The molecule has 0 amide bonds. The Bertz CT molecular complexity index is 1340. The summed E-state index contributed by atoms with van der Waals surface area (Å²) in [6.45, 7) is 4.23. The first-order valence-electron chi connectivity index (χ1n) is 9.06. The van der Waals surface area contributed by atoms with Gasteiger partial charge in [-0.15, -0.1) is 11.3 Å². The van der Waals surface area contributed by atoms with E-state index in [0.29, 0.717) is 10.0 Å². The van der Waals surface area contributed by atoms with Gasteiger partial charge in [0.1, 0.15) is 5.00 Å². The minimum Gasteiger partial charge on any atom is -0.310 e. The van der Waals surface area contributed by atoms with Crippen molar-refractivity contribution in [1.29, 1.82) is 0 Å². The fourth-order valence-corrected chi connectivity index (χ4v) is 5.12. The van der Waals surface area contributed by atoms with E-state index in [1.165, 1.54) is 11.4 Å². The van der Waals surface area contributed by atoms with Crippen LogP contribution in [0.25, 0.3) is 33.2 Å². The van der Waals surface area contributed by atoms with Crippen LogP contribution in [0.15, 0.2) is 60.1 Å². The van der Waals surface area contributed by atoms with E-state index in [0.717, 1.165) is 33.2 Å². The van der Waals surface area contributed by atoms with E-state index in [4.69, 9.17) is 28.3 Å². The molecule has 0 radical (unpaired) electrons. The first-order chi connectivity index (χ1) is 14.0. The molecule has 4 nitrogen and oxygen atoms in total. The lowest BCUT2D eigenvalue weighted by molar-refractivity contribution is 0.947. The summed E-state index contributed by atoms with van der Waals surface area (Å²) in [5.74, 6) is 0. The van der Waals surface area contributed by atoms with Gasteiger partial charge in [0.25, 0.3) is 0 Å². The first-order valence-corrected chi connectivity index (χ1v) is 10.7. The summed E-state index contributed by atoms with van der Waals surface area (Å²) in [7, 11) is 0. The highest BCUT2D eigenvalue weighted by atomic mass is 35.5. The molecule has 0 spiro atoms. The number of aryl methyl sites for hydroxylation is 2. The Hall–Kier alpha value is -2.60. The van der Waals surface area contributed by atoms with E-state index in [-0.39, 0.29) is 0 Å². The number of rotatable bonds is 3. The van der Waals surface area contributed by atoms with Crippen molar-refractivity contribution in [3.8, 4) is 27.5 Å². The molecular formula is C22H16Cl2N4S. The molecule has 0 unspecified atom stereocenters. The highest BCUT2D eigenvalue weighted by molar-refractivity contribution is 7.13. The summed E-state index contributed by atoms with van der Waals surface area (Å²) in [4.78, 5) is 4.50. The monoisotopic (exact) mass is 438 g/mol. The molecule has 5 aromatic rings. The summed E-state index contributed by atoms with van der Waals surface area (Å²) < 4.78 is 4.09. The Kier molecular flexibility index (Phi) is 4.46. The van der Waals surface area contributed by atoms with Crippen LogP contribution in [0.3, 0.4) is 0 Å². The zero-order valence-electron chi connectivity index (χ0n) is 15.7. The highest BCUT2D eigenvalue weighted by Gasteiger charge is 2.17. The number of halogens is 2. The number of fused-ring (bicyclic) bond motifs is 1. The Labute approximate surface area is 182 Å². The summed E-state index contributed by atoms with van der Waals surface area (Å²) in [6.07, 6.45) is 1.77. The van der Waals surface area contributed by atoms with E-state index >= 15 is 0 Å². The van der Waals surface area contributed by atoms with Gasteiger partial charge in [-0.3, -0.25) is 0 Å². The van der Waals surface area contributed by atoms with Gasteiger partial charge < -0.3 is 4.57 Å². The van der Waals surface area contributed by atoms with Crippen molar-refractivity contribution < 1.29 is 0 Å². The van der Waals surface area contributed by atoms with Crippen LogP contribution in [0.4, 0.5) is 0 Å². The number of aromatic nitrogens is 4. The number of hydrogen-bond donors (Lipinski definition) is 0. The molecule has 0 aliphatic rings. The Morgan fingerprint density at radius 1 is 0.897 bits per heavy atom. The lowest BCUT2D eigenvalue weighted by atomic mass is 10.1. The predicted octanol–water partition coefficient (Wildman–Crippen LogP) is 6.84. The molecule has 1 aromatic carbocycles. The summed E-state index contributed by atoms with van der Waals surface area (Å²) in [5.41, 5.74) is 6.84. The topological polar surface area (TPSA) is 35.1 Å². The van der Waals surface area contributed by atoms with Crippen molar-refractivity contribution in [1.82, 2.24) is 19.2 Å². The van der Waals surface area contributed by atoms with E-state index in [1.54, 1.807) is 23.6 Å². The van der Waals surface area contributed by atoms with Crippen LogP contribution in [0, 0.1) is 13.8 Å². The van der Waals surface area contributed by atoms with E-state index in [9.17, 15) is 0 Å². The van der Waals surface area contributed by atoms with Crippen molar-refractivity contribution in [2.45, 2.75) is 13.8 Å². The van der Waals surface area contributed by atoms with Crippen molar-refractivity contribution in [2.75, 3.05) is 0 Å². The maximum absolute atomic E-state index is 6.45. The second-order valence-corrected chi connectivity index (χ2v) is 8.58. The average Bonchev–Trinajstić information content (AvgIpc) is 3.39. The van der Waals surface area contributed by atoms with Crippen LogP contribution in [0.5, 0.6) is 0 Å². The SMILES string of the molecule is Cc1ccc(C)n1-c1sccc1-c1cc2nccc(-c3ccc(Cl)cc3Cl)n2n1. The van der Waals surface area contributed by atoms with Gasteiger partial charge in [-0.2, -0.15) is 5.10 Å². The smallest absolute Gasteiger partial charge is 0.156 e. The molecule has 0 aliphatic heterocycles. The Morgan fingerprint density at radius 2 is 1.69 bits per heavy atom. The number of hydrogen-bond acceptors (Lipinski definition) is 3. The lowest BCUT2D eigenvalue weighted by Crippen LogP contribution is -1.98. The Morgan fingerprint density at radius 3 is 2.45 bits per heavy atom. The number of thiophene rings is 1. The molecule has 5 rings (SSSR count). The van der Waals surface area contributed by atoms with Gasteiger partial charge in [0.15, 0.2) is 5.65 Å². The maximum atomic E-state index is 6.45. The van der Waals surface area contributed by atoms with Crippen LogP contribution in [0.2, 0.25) is 10.0 Å². The Balaban J connectivity index is 1.69. The maximum Gasteiger partial charge on any atom is 0.156 e. The molecule has 0 aliphatic carbocycles. The third kappa shape index (κ3) is 3.06. The average molecular weight is 439 g/mol. The molecule has 7 heteroatoms. The molecule has 0 N–H and O–H groups in total. The molecule has 4 heterocycles. The third-order valence-corrected chi connectivity index (χ3v) is 6.41. The molecule has 0 saturated heterocycles. The molecule has 4 aromatic heterocycles. The van der Waals surface area contributed by atoms with Gasteiger partial charge in [-0.05, 0) is 61.7 Å². The van der Waals surface area contributed by atoms with Gasteiger partial charge >= 0.3 is 0 Å². The van der Waals surface area contributed by atoms with E-state index in [1.807, 2.05) is 28.8 Å².